The number of anilines is 1. The predicted molar refractivity (Wildman–Crippen MR) is 78.3 cm³/mol. The van der Waals surface area contributed by atoms with Crippen LogP contribution in [0.5, 0.6) is 0 Å². The van der Waals surface area contributed by atoms with Crippen molar-refractivity contribution >= 4 is 37.3 Å². The molecule has 0 radical (unpaired) electrons. The van der Waals surface area contributed by atoms with Gasteiger partial charge >= 0.3 is 0 Å². The van der Waals surface area contributed by atoms with Gasteiger partial charge in [0.05, 0.1) is 10.8 Å². The Hall–Kier alpha value is -0.900. The number of hydrogen-bond acceptors (Lipinski definition) is 6. The molecule has 0 fully saturated rings. The molecule has 1 aromatic heterocycles. The first-order valence-corrected chi connectivity index (χ1v) is 9.43. The van der Waals surface area contributed by atoms with Crippen molar-refractivity contribution in [2.45, 2.75) is 4.90 Å². The van der Waals surface area contributed by atoms with Gasteiger partial charge in [0.25, 0.3) is 0 Å². The van der Waals surface area contributed by atoms with Crippen LogP contribution in [0.2, 0.25) is 5.02 Å². The van der Waals surface area contributed by atoms with Gasteiger partial charge in [0.2, 0.25) is 10.0 Å². The summed E-state index contributed by atoms with van der Waals surface area (Å²) in [7, 11) is -4.14. The standard InChI is InChI=1S/C10H16ClN3O4S2/c1-12-10-9(11)6-8(7-13-10)20(17,18)14(2)4-5-19(3,15)16/h6-7H,4-5H2,1-3H3,(H,12,13). The Balaban J connectivity index is 3.01. The van der Waals surface area contributed by atoms with Crippen LogP contribution in [0.4, 0.5) is 5.82 Å². The number of nitrogens with one attached hydrogen (secondary N) is 1. The first-order chi connectivity index (χ1) is 9.08. The van der Waals surface area contributed by atoms with Gasteiger partial charge in [-0.25, -0.2) is 21.8 Å². The highest BCUT2D eigenvalue weighted by molar-refractivity contribution is 7.91. The zero-order valence-corrected chi connectivity index (χ0v) is 13.7. The number of aromatic nitrogens is 1. The van der Waals surface area contributed by atoms with Crippen LogP contribution in [0.1, 0.15) is 0 Å². The molecule has 114 valence electrons. The summed E-state index contributed by atoms with van der Waals surface area (Å²) in [6.07, 6.45) is 2.22. The van der Waals surface area contributed by atoms with Gasteiger partial charge in [-0.2, -0.15) is 4.31 Å². The van der Waals surface area contributed by atoms with Crippen molar-refractivity contribution in [3.8, 4) is 0 Å². The van der Waals surface area contributed by atoms with E-state index in [0.717, 1.165) is 10.6 Å². The van der Waals surface area contributed by atoms with E-state index in [2.05, 4.69) is 10.3 Å². The lowest BCUT2D eigenvalue weighted by atomic mass is 10.4. The largest absolute Gasteiger partial charge is 0.372 e. The van der Waals surface area contributed by atoms with Gasteiger partial charge in [-0.05, 0) is 6.07 Å². The number of sulfone groups is 1. The molecule has 0 aliphatic rings. The normalized spacial score (nSPS) is 12.7. The van der Waals surface area contributed by atoms with Crippen LogP contribution < -0.4 is 5.32 Å². The number of sulfonamides is 1. The molecule has 0 amide bonds. The number of nitrogens with zero attached hydrogens (tertiary/aromatic N) is 2. The number of rotatable bonds is 6. The second kappa shape index (κ2) is 6.25. The molecule has 1 aromatic rings. The first-order valence-electron chi connectivity index (χ1n) is 5.55. The Morgan fingerprint density at radius 2 is 1.95 bits per heavy atom. The lowest BCUT2D eigenvalue weighted by Crippen LogP contribution is -2.31. The molecular weight excluding hydrogens is 326 g/mol. The second-order valence-electron chi connectivity index (χ2n) is 4.21. The zero-order chi connectivity index (χ0) is 15.6. The second-order valence-corrected chi connectivity index (χ2v) is 8.92. The highest BCUT2D eigenvalue weighted by Crippen LogP contribution is 2.23. The summed E-state index contributed by atoms with van der Waals surface area (Å²) in [4.78, 5) is 3.80. The van der Waals surface area contributed by atoms with Crippen molar-refractivity contribution in [2.24, 2.45) is 0 Å². The molecule has 7 nitrogen and oxygen atoms in total. The fourth-order valence-electron chi connectivity index (χ4n) is 1.34. The lowest BCUT2D eigenvalue weighted by Gasteiger charge is -2.17. The van der Waals surface area contributed by atoms with Crippen LogP contribution in [-0.2, 0) is 19.9 Å². The summed E-state index contributed by atoms with van der Waals surface area (Å²) in [5, 5.41) is 2.89. The minimum Gasteiger partial charge on any atom is -0.372 e. The quantitative estimate of drug-likeness (QED) is 0.806. The van der Waals surface area contributed by atoms with Crippen molar-refractivity contribution in [3.05, 3.63) is 17.3 Å². The van der Waals surface area contributed by atoms with Crippen molar-refractivity contribution in [3.63, 3.8) is 0 Å². The maximum absolute atomic E-state index is 12.2. The minimum atomic E-state index is -3.81. The molecule has 0 bridgehead atoms. The summed E-state index contributed by atoms with van der Waals surface area (Å²) >= 11 is 5.89. The van der Waals surface area contributed by atoms with E-state index in [1.807, 2.05) is 0 Å². The topological polar surface area (TPSA) is 96.4 Å². The molecule has 0 unspecified atom stereocenters. The summed E-state index contributed by atoms with van der Waals surface area (Å²) in [6, 6.07) is 1.27. The maximum Gasteiger partial charge on any atom is 0.244 e. The molecule has 0 saturated heterocycles. The lowest BCUT2D eigenvalue weighted by molar-refractivity contribution is 0.484. The molecule has 1 N–H and O–H groups in total. The fraction of sp³-hybridized carbons (Fsp3) is 0.500. The van der Waals surface area contributed by atoms with Gasteiger partial charge in [-0.1, -0.05) is 11.6 Å². The molecule has 0 saturated carbocycles. The zero-order valence-electron chi connectivity index (χ0n) is 11.3. The van der Waals surface area contributed by atoms with Crippen LogP contribution in [0, 0.1) is 0 Å². The van der Waals surface area contributed by atoms with Crippen molar-refractivity contribution in [1.29, 1.82) is 0 Å². The Kier molecular flexibility index (Phi) is 5.36. The van der Waals surface area contributed by atoms with E-state index in [4.69, 9.17) is 11.6 Å². The molecule has 10 heteroatoms. The van der Waals surface area contributed by atoms with E-state index in [0.29, 0.717) is 5.82 Å². The highest BCUT2D eigenvalue weighted by Gasteiger charge is 2.23. The first kappa shape index (κ1) is 17.2. The minimum absolute atomic E-state index is 0.0856. The Labute approximate surface area is 123 Å². The van der Waals surface area contributed by atoms with Crippen LogP contribution in [0.3, 0.4) is 0 Å². The summed E-state index contributed by atoms with van der Waals surface area (Å²) in [6.45, 7) is -0.132. The smallest absolute Gasteiger partial charge is 0.244 e. The molecule has 0 aliphatic heterocycles. The van der Waals surface area contributed by atoms with Gasteiger partial charge in [0.1, 0.15) is 20.6 Å². The van der Waals surface area contributed by atoms with Crippen LogP contribution >= 0.6 is 11.6 Å². The van der Waals surface area contributed by atoms with E-state index < -0.39 is 19.9 Å². The highest BCUT2D eigenvalue weighted by atomic mass is 35.5. The Morgan fingerprint density at radius 1 is 1.35 bits per heavy atom. The third-order valence-electron chi connectivity index (χ3n) is 2.54. The molecule has 0 aromatic carbocycles. The van der Waals surface area contributed by atoms with Gasteiger partial charge in [0, 0.05) is 33.1 Å². The van der Waals surface area contributed by atoms with Crippen molar-refractivity contribution in [1.82, 2.24) is 9.29 Å². The Bertz CT molecular complexity index is 688. The maximum atomic E-state index is 12.2. The number of pyridine rings is 1. The predicted octanol–water partition coefficient (Wildman–Crippen LogP) is 0.442. The Morgan fingerprint density at radius 3 is 2.40 bits per heavy atom. The van der Waals surface area contributed by atoms with Crippen LogP contribution in [0.15, 0.2) is 17.2 Å². The molecule has 0 spiro atoms. The van der Waals surface area contributed by atoms with Gasteiger partial charge in [-0.15, -0.1) is 0 Å². The third-order valence-corrected chi connectivity index (χ3v) is 5.57. The van der Waals surface area contributed by atoms with E-state index in [1.54, 1.807) is 7.05 Å². The van der Waals surface area contributed by atoms with E-state index >= 15 is 0 Å². The van der Waals surface area contributed by atoms with Crippen molar-refractivity contribution < 1.29 is 16.8 Å². The molecular formula is C10H16ClN3O4S2. The van der Waals surface area contributed by atoms with Gasteiger partial charge in [-0.3, -0.25) is 0 Å². The number of halogens is 1. The summed E-state index contributed by atoms with van der Waals surface area (Å²) < 4.78 is 47.5. The number of hydrogen-bond donors (Lipinski definition) is 1. The van der Waals surface area contributed by atoms with Crippen LogP contribution in [-0.4, -0.2) is 58.8 Å². The third kappa shape index (κ3) is 4.30. The van der Waals surface area contributed by atoms with Crippen molar-refractivity contribution in [2.75, 3.05) is 38.0 Å². The molecule has 0 atom stereocenters. The summed E-state index contributed by atoms with van der Waals surface area (Å²) in [5.74, 6) is 0.114. The molecule has 1 rings (SSSR count). The van der Waals surface area contributed by atoms with E-state index in [1.165, 1.54) is 19.3 Å². The SMILES string of the molecule is CNc1ncc(S(=O)(=O)N(C)CCS(C)(=O)=O)cc1Cl. The molecule has 0 aliphatic carbocycles. The van der Waals surface area contributed by atoms with Gasteiger partial charge in [0.15, 0.2) is 0 Å². The van der Waals surface area contributed by atoms with Crippen LogP contribution in [0.25, 0.3) is 0 Å². The average Bonchev–Trinajstić information content (AvgIpc) is 2.34. The van der Waals surface area contributed by atoms with Gasteiger partial charge < -0.3 is 5.32 Å². The fourth-order valence-corrected chi connectivity index (χ4v) is 3.53. The molecule has 1 heterocycles. The summed E-state index contributed by atoms with van der Waals surface area (Å²) in [5.41, 5.74) is 0. The average molecular weight is 342 g/mol. The van der Waals surface area contributed by atoms with E-state index in [-0.39, 0.29) is 22.2 Å². The molecule has 20 heavy (non-hydrogen) atoms. The van der Waals surface area contributed by atoms with E-state index in [9.17, 15) is 16.8 Å². The monoisotopic (exact) mass is 341 g/mol.